The van der Waals surface area contributed by atoms with Crippen molar-refractivity contribution in [2.75, 3.05) is 0 Å². The summed E-state index contributed by atoms with van der Waals surface area (Å²) in [5.41, 5.74) is 0.378. The molecule has 0 aliphatic rings. The van der Waals surface area contributed by atoms with Gasteiger partial charge in [-0.25, -0.2) is 0 Å². The molecule has 0 bridgehead atoms. The van der Waals surface area contributed by atoms with Crippen molar-refractivity contribution < 1.29 is 5.11 Å². The Hall–Kier alpha value is -3.27. The highest BCUT2D eigenvalue weighted by atomic mass is 16.3. The van der Waals surface area contributed by atoms with Crippen molar-refractivity contribution in [2.24, 2.45) is 10.2 Å². The van der Waals surface area contributed by atoms with Crippen LogP contribution in [0.5, 0.6) is 5.75 Å². The van der Waals surface area contributed by atoms with Gasteiger partial charge in [0.25, 0.3) is 0 Å². The number of fused-ring (bicyclic) bond motifs is 1. The van der Waals surface area contributed by atoms with Crippen molar-refractivity contribution >= 4 is 22.3 Å². The van der Waals surface area contributed by atoms with Crippen molar-refractivity contribution in [3.8, 4) is 11.8 Å². The van der Waals surface area contributed by atoms with Crippen LogP contribution in [0.25, 0.3) is 10.8 Å². The van der Waals surface area contributed by atoms with Crippen LogP contribution in [-0.2, 0) is 0 Å². The number of H-pyrrole nitrogens is 1. The first kappa shape index (κ1) is 11.8. The molecule has 0 spiro atoms. The van der Waals surface area contributed by atoms with Crippen molar-refractivity contribution in [2.45, 2.75) is 0 Å². The predicted molar refractivity (Wildman–Crippen MR) is 70.9 cm³/mol. The molecular formula is C13H8N6O. The van der Waals surface area contributed by atoms with E-state index in [4.69, 9.17) is 5.26 Å². The Bertz CT molecular complexity index is 845. The lowest BCUT2D eigenvalue weighted by Crippen LogP contribution is -1.75. The molecule has 0 fully saturated rings. The monoisotopic (exact) mass is 264 g/mol. The van der Waals surface area contributed by atoms with Crippen LogP contribution in [0.4, 0.5) is 11.5 Å². The average Bonchev–Trinajstić information content (AvgIpc) is 2.94. The summed E-state index contributed by atoms with van der Waals surface area (Å²) >= 11 is 0. The maximum atomic E-state index is 9.90. The quantitative estimate of drug-likeness (QED) is 0.693. The second kappa shape index (κ2) is 4.78. The normalized spacial score (nSPS) is 10.9. The zero-order valence-electron chi connectivity index (χ0n) is 10.1. The molecule has 0 aliphatic heterocycles. The van der Waals surface area contributed by atoms with Crippen molar-refractivity contribution in [3.05, 3.63) is 42.1 Å². The smallest absolute Gasteiger partial charge is 0.233 e. The summed E-state index contributed by atoms with van der Waals surface area (Å²) in [6, 6.07) is 12.7. The minimum atomic E-state index is 0.00875. The van der Waals surface area contributed by atoms with E-state index in [1.165, 1.54) is 0 Å². The third kappa shape index (κ3) is 1.95. The van der Waals surface area contributed by atoms with Crippen molar-refractivity contribution in [3.63, 3.8) is 0 Å². The number of phenolic OH excluding ortho intramolecular Hbond substituents is 1. The Labute approximate surface area is 113 Å². The van der Waals surface area contributed by atoms with E-state index >= 15 is 0 Å². The summed E-state index contributed by atoms with van der Waals surface area (Å²) in [5.74, 6) is 0.0919. The fourth-order valence-corrected chi connectivity index (χ4v) is 1.82. The first-order chi connectivity index (χ1) is 9.79. The summed E-state index contributed by atoms with van der Waals surface area (Å²) in [7, 11) is 0. The number of nitrogens with zero attached hydrogens (tertiary/aromatic N) is 5. The first-order valence-electron chi connectivity index (χ1n) is 5.73. The second-order valence-electron chi connectivity index (χ2n) is 3.96. The molecule has 7 heteroatoms. The minimum absolute atomic E-state index is 0.00875. The summed E-state index contributed by atoms with van der Waals surface area (Å²) in [6.45, 7) is 0. The minimum Gasteiger partial charge on any atom is -0.506 e. The van der Waals surface area contributed by atoms with Crippen LogP contribution in [0, 0.1) is 11.3 Å². The number of aromatic nitrogens is 3. The molecule has 0 amide bonds. The molecule has 0 saturated carbocycles. The molecular weight excluding hydrogens is 256 g/mol. The molecule has 0 unspecified atom stereocenters. The fraction of sp³-hybridized carbons (Fsp3) is 0. The highest BCUT2D eigenvalue weighted by Crippen LogP contribution is 2.35. The van der Waals surface area contributed by atoms with Crippen LogP contribution >= 0.6 is 0 Å². The summed E-state index contributed by atoms with van der Waals surface area (Å²) in [6.07, 6.45) is 0. The standard InChI is InChI=1S/C13H8N6O/c14-7-10-13(18-19-15-10)17-16-12-9-4-2-1-3-8(9)5-6-11(12)20/h1-6,20H,(H,15,18,19). The Morgan fingerprint density at radius 3 is 2.80 bits per heavy atom. The van der Waals surface area contributed by atoms with E-state index in [1.807, 2.05) is 30.3 Å². The summed E-state index contributed by atoms with van der Waals surface area (Å²) in [5, 5.41) is 37.9. The molecule has 2 N–H and O–H groups in total. The molecule has 0 saturated heterocycles. The molecule has 7 nitrogen and oxygen atoms in total. The van der Waals surface area contributed by atoms with E-state index in [0.717, 1.165) is 10.8 Å². The molecule has 96 valence electrons. The molecule has 0 radical (unpaired) electrons. The Balaban J connectivity index is 2.11. The molecule has 0 aliphatic carbocycles. The molecule has 3 rings (SSSR count). The number of hydrogen-bond acceptors (Lipinski definition) is 6. The van der Waals surface area contributed by atoms with Crippen LogP contribution in [0.2, 0.25) is 0 Å². The van der Waals surface area contributed by atoms with E-state index in [1.54, 1.807) is 12.1 Å². The van der Waals surface area contributed by atoms with E-state index in [9.17, 15) is 5.11 Å². The topological polar surface area (TPSA) is 110 Å². The summed E-state index contributed by atoms with van der Waals surface area (Å²) in [4.78, 5) is 0. The molecule has 20 heavy (non-hydrogen) atoms. The number of aromatic amines is 1. The lowest BCUT2D eigenvalue weighted by molar-refractivity contribution is 0.477. The van der Waals surface area contributed by atoms with Gasteiger partial charge in [-0.1, -0.05) is 30.3 Å². The Kier molecular flexibility index (Phi) is 2.82. The van der Waals surface area contributed by atoms with Gasteiger partial charge in [0.1, 0.15) is 17.5 Å². The van der Waals surface area contributed by atoms with Gasteiger partial charge in [0, 0.05) is 5.39 Å². The number of benzene rings is 2. The van der Waals surface area contributed by atoms with Crippen LogP contribution in [0.3, 0.4) is 0 Å². The van der Waals surface area contributed by atoms with Crippen LogP contribution < -0.4 is 0 Å². The zero-order chi connectivity index (χ0) is 13.9. The zero-order valence-corrected chi connectivity index (χ0v) is 10.1. The van der Waals surface area contributed by atoms with Gasteiger partial charge in [0.15, 0.2) is 0 Å². The molecule has 2 aromatic carbocycles. The van der Waals surface area contributed by atoms with Gasteiger partial charge >= 0.3 is 0 Å². The average molecular weight is 264 g/mol. The molecule has 3 aromatic rings. The van der Waals surface area contributed by atoms with E-state index < -0.39 is 0 Å². The number of phenols is 1. The van der Waals surface area contributed by atoms with Gasteiger partial charge in [-0.3, -0.25) is 0 Å². The molecule has 0 atom stereocenters. The van der Waals surface area contributed by atoms with E-state index in [2.05, 4.69) is 25.6 Å². The number of azo groups is 1. The third-order valence-electron chi connectivity index (χ3n) is 2.76. The number of hydrogen-bond donors (Lipinski definition) is 2. The highest BCUT2D eigenvalue weighted by Gasteiger charge is 2.08. The van der Waals surface area contributed by atoms with Crippen molar-refractivity contribution in [1.82, 2.24) is 15.4 Å². The van der Waals surface area contributed by atoms with Gasteiger partial charge in [-0.05, 0) is 11.5 Å². The second-order valence-corrected chi connectivity index (χ2v) is 3.96. The largest absolute Gasteiger partial charge is 0.506 e. The number of aromatic hydroxyl groups is 1. The van der Waals surface area contributed by atoms with E-state index in [-0.39, 0.29) is 17.3 Å². The fourth-order valence-electron chi connectivity index (χ4n) is 1.82. The SMILES string of the molecule is N#Cc1n[nH]nc1N=Nc1c(O)ccc2ccccc12. The Morgan fingerprint density at radius 1 is 1.10 bits per heavy atom. The van der Waals surface area contributed by atoms with Gasteiger partial charge < -0.3 is 5.11 Å². The van der Waals surface area contributed by atoms with Crippen LogP contribution in [0.1, 0.15) is 5.69 Å². The van der Waals surface area contributed by atoms with Crippen LogP contribution in [0.15, 0.2) is 46.6 Å². The maximum Gasteiger partial charge on any atom is 0.233 e. The third-order valence-corrected chi connectivity index (χ3v) is 2.76. The van der Waals surface area contributed by atoms with Gasteiger partial charge in [-0.2, -0.15) is 10.5 Å². The van der Waals surface area contributed by atoms with Gasteiger partial charge in [0.2, 0.25) is 11.5 Å². The predicted octanol–water partition coefficient (Wildman–Crippen LogP) is 2.95. The number of rotatable bonds is 2. The van der Waals surface area contributed by atoms with Gasteiger partial charge in [-0.15, -0.1) is 20.4 Å². The molecule has 1 heterocycles. The lowest BCUT2D eigenvalue weighted by Gasteiger charge is -2.02. The number of nitrogens with one attached hydrogen (secondary N) is 1. The lowest BCUT2D eigenvalue weighted by atomic mass is 10.1. The van der Waals surface area contributed by atoms with E-state index in [0.29, 0.717) is 5.69 Å². The maximum absolute atomic E-state index is 9.90. The number of nitriles is 1. The highest BCUT2D eigenvalue weighted by molar-refractivity contribution is 5.95. The first-order valence-corrected chi connectivity index (χ1v) is 5.73. The van der Waals surface area contributed by atoms with Gasteiger partial charge in [0.05, 0.1) is 0 Å². The van der Waals surface area contributed by atoms with Crippen molar-refractivity contribution in [1.29, 1.82) is 5.26 Å². The molecule has 1 aromatic heterocycles. The van der Waals surface area contributed by atoms with Crippen LogP contribution in [-0.4, -0.2) is 20.5 Å². The Morgan fingerprint density at radius 2 is 1.95 bits per heavy atom. The summed E-state index contributed by atoms with van der Waals surface area (Å²) < 4.78 is 0.